The van der Waals surface area contributed by atoms with Gasteiger partial charge in [0, 0.05) is 11.1 Å². The molecule has 1 spiro atoms. The molecule has 76 valence electrons. The van der Waals surface area contributed by atoms with Crippen LogP contribution in [-0.2, 0) is 15.3 Å². The Morgan fingerprint density at radius 2 is 1.87 bits per heavy atom. The number of hydrogen-bond donors (Lipinski definition) is 0. The first-order valence-electron chi connectivity index (χ1n) is 4.93. The molecule has 1 aliphatic carbocycles. The summed E-state index contributed by atoms with van der Waals surface area (Å²) in [5.41, 5.74) is 1.48. The second-order valence-corrected chi connectivity index (χ2v) is 3.61. The van der Waals surface area contributed by atoms with Crippen LogP contribution in [-0.4, -0.2) is 19.0 Å². The Bertz CT molecular complexity index is 442. The van der Waals surface area contributed by atoms with E-state index >= 15 is 0 Å². The number of carbonyl (C=O) groups excluding carboxylic acids is 1. The summed E-state index contributed by atoms with van der Waals surface area (Å²) in [6.45, 7) is 1.12. The van der Waals surface area contributed by atoms with E-state index in [0.717, 1.165) is 5.56 Å². The molecular weight excluding hydrogens is 192 g/mol. The van der Waals surface area contributed by atoms with Crippen molar-refractivity contribution in [2.24, 2.45) is 0 Å². The second-order valence-electron chi connectivity index (χ2n) is 3.61. The normalized spacial score (nSPS) is 22.0. The molecule has 0 N–H and O–H groups in total. The van der Waals surface area contributed by atoms with Crippen molar-refractivity contribution in [3.63, 3.8) is 0 Å². The molecule has 3 heteroatoms. The lowest BCUT2D eigenvalue weighted by Crippen LogP contribution is -2.30. The predicted octanol–water partition coefficient (Wildman–Crippen LogP) is 1.64. The number of carbonyl (C=O) groups is 1. The summed E-state index contributed by atoms with van der Waals surface area (Å²) in [7, 11) is 0. The Hall–Kier alpha value is -1.45. The molecule has 0 bridgehead atoms. The van der Waals surface area contributed by atoms with Crippen LogP contribution in [0.2, 0.25) is 0 Å². The minimum absolute atomic E-state index is 0.00956. The van der Waals surface area contributed by atoms with E-state index < -0.39 is 5.79 Å². The van der Waals surface area contributed by atoms with Gasteiger partial charge in [0.15, 0.2) is 5.78 Å². The summed E-state index contributed by atoms with van der Waals surface area (Å²) in [4.78, 5) is 11.6. The van der Waals surface area contributed by atoms with Crippen molar-refractivity contribution in [2.45, 2.75) is 5.79 Å². The van der Waals surface area contributed by atoms with E-state index in [2.05, 4.69) is 0 Å². The molecule has 1 aliphatic heterocycles. The van der Waals surface area contributed by atoms with Crippen molar-refractivity contribution in [3.05, 3.63) is 47.5 Å². The first-order chi connectivity index (χ1) is 7.32. The van der Waals surface area contributed by atoms with E-state index in [0.29, 0.717) is 18.8 Å². The first kappa shape index (κ1) is 8.83. The molecule has 2 aliphatic rings. The highest BCUT2D eigenvalue weighted by atomic mass is 16.7. The van der Waals surface area contributed by atoms with Gasteiger partial charge in [-0.15, -0.1) is 0 Å². The molecule has 3 nitrogen and oxygen atoms in total. The molecule has 15 heavy (non-hydrogen) atoms. The molecule has 0 radical (unpaired) electrons. The van der Waals surface area contributed by atoms with Gasteiger partial charge in [0.1, 0.15) is 0 Å². The number of rotatable bonds is 0. The smallest absolute Gasteiger partial charge is 0.216 e. The van der Waals surface area contributed by atoms with Crippen LogP contribution >= 0.6 is 0 Å². The topological polar surface area (TPSA) is 35.5 Å². The Labute approximate surface area is 87.3 Å². The monoisotopic (exact) mass is 202 g/mol. The Morgan fingerprint density at radius 3 is 2.67 bits per heavy atom. The molecular formula is C12H10O3. The largest absolute Gasteiger partial charge is 0.340 e. The SMILES string of the molecule is O=C1C=CC2(OCCO2)c2ccccc21. The van der Waals surface area contributed by atoms with Crippen molar-refractivity contribution in [2.75, 3.05) is 13.2 Å². The molecule has 1 saturated heterocycles. The third-order valence-electron chi connectivity index (χ3n) is 2.74. The summed E-state index contributed by atoms with van der Waals surface area (Å²) in [6.07, 6.45) is 3.22. The third kappa shape index (κ3) is 1.17. The van der Waals surface area contributed by atoms with Crippen LogP contribution in [0.3, 0.4) is 0 Å². The lowest BCUT2D eigenvalue weighted by atomic mass is 9.91. The van der Waals surface area contributed by atoms with Crippen molar-refractivity contribution >= 4 is 5.78 Å². The Morgan fingerprint density at radius 1 is 1.13 bits per heavy atom. The third-order valence-corrected chi connectivity index (χ3v) is 2.74. The zero-order valence-corrected chi connectivity index (χ0v) is 8.10. The summed E-state index contributed by atoms with van der Waals surface area (Å²) in [6, 6.07) is 7.41. The highest BCUT2D eigenvalue weighted by Crippen LogP contribution is 2.37. The molecule has 0 saturated carbocycles. The van der Waals surface area contributed by atoms with E-state index in [1.54, 1.807) is 12.1 Å². The molecule has 1 fully saturated rings. The van der Waals surface area contributed by atoms with Crippen molar-refractivity contribution < 1.29 is 14.3 Å². The minimum atomic E-state index is -0.815. The second kappa shape index (κ2) is 3.02. The first-order valence-corrected chi connectivity index (χ1v) is 4.93. The van der Waals surface area contributed by atoms with Gasteiger partial charge in [0.2, 0.25) is 5.79 Å². The van der Waals surface area contributed by atoms with Crippen LogP contribution < -0.4 is 0 Å². The van der Waals surface area contributed by atoms with E-state index in [1.165, 1.54) is 6.08 Å². The number of benzene rings is 1. The average Bonchev–Trinajstić information content (AvgIpc) is 2.74. The van der Waals surface area contributed by atoms with Crippen LogP contribution in [0.1, 0.15) is 15.9 Å². The molecule has 1 aromatic carbocycles. The van der Waals surface area contributed by atoms with Gasteiger partial charge < -0.3 is 9.47 Å². The van der Waals surface area contributed by atoms with Gasteiger partial charge in [0.05, 0.1) is 13.2 Å². The van der Waals surface area contributed by atoms with Crippen LogP contribution in [0.4, 0.5) is 0 Å². The number of hydrogen-bond acceptors (Lipinski definition) is 3. The van der Waals surface area contributed by atoms with Crippen LogP contribution in [0.15, 0.2) is 36.4 Å². The molecule has 0 amide bonds. The summed E-state index contributed by atoms with van der Waals surface area (Å²) < 4.78 is 11.2. The van der Waals surface area contributed by atoms with E-state index in [9.17, 15) is 4.79 Å². The van der Waals surface area contributed by atoms with Crippen molar-refractivity contribution in [1.82, 2.24) is 0 Å². The van der Waals surface area contributed by atoms with E-state index in [1.807, 2.05) is 18.2 Å². The fourth-order valence-corrected chi connectivity index (χ4v) is 2.05. The van der Waals surface area contributed by atoms with Gasteiger partial charge in [-0.2, -0.15) is 0 Å². The van der Waals surface area contributed by atoms with Crippen LogP contribution in [0, 0.1) is 0 Å². The van der Waals surface area contributed by atoms with E-state index in [4.69, 9.17) is 9.47 Å². The molecule has 1 heterocycles. The molecule has 0 unspecified atom stereocenters. The Balaban J connectivity index is 2.21. The number of ether oxygens (including phenoxy) is 2. The number of fused-ring (bicyclic) bond motifs is 2. The number of ketones is 1. The van der Waals surface area contributed by atoms with Gasteiger partial charge in [-0.1, -0.05) is 24.3 Å². The number of allylic oxidation sites excluding steroid dienone is 1. The molecule has 0 aromatic heterocycles. The van der Waals surface area contributed by atoms with Gasteiger partial charge in [-0.25, -0.2) is 0 Å². The highest BCUT2D eigenvalue weighted by Gasteiger charge is 2.40. The minimum Gasteiger partial charge on any atom is -0.340 e. The molecule has 0 atom stereocenters. The average molecular weight is 202 g/mol. The summed E-state index contributed by atoms with van der Waals surface area (Å²) >= 11 is 0. The maximum Gasteiger partial charge on any atom is 0.216 e. The summed E-state index contributed by atoms with van der Waals surface area (Å²) in [5.74, 6) is -0.805. The maximum absolute atomic E-state index is 11.6. The molecule has 3 rings (SSSR count). The van der Waals surface area contributed by atoms with E-state index in [-0.39, 0.29) is 5.78 Å². The van der Waals surface area contributed by atoms with Gasteiger partial charge in [0.25, 0.3) is 0 Å². The fourth-order valence-electron chi connectivity index (χ4n) is 2.05. The van der Waals surface area contributed by atoms with Gasteiger partial charge in [-0.05, 0) is 12.2 Å². The lowest BCUT2D eigenvalue weighted by molar-refractivity contribution is -0.124. The van der Waals surface area contributed by atoms with Crippen LogP contribution in [0.5, 0.6) is 0 Å². The summed E-state index contributed by atoms with van der Waals surface area (Å²) in [5, 5.41) is 0. The lowest BCUT2D eigenvalue weighted by Gasteiger charge is -2.28. The van der Waals surface area contributed by atoms with Crippen molar-refractivity contribution in [3.8, 4) is 0 Å². The molecule has 1 aromatic rings. The van der Waals surface area contributed by atoms with Crippen molar-refractivity contribution in [1.29, 1.82) is 0 Å². The fraction of sp³-hybridized carbons (Fsp3) is 0.250. The predicted molar refractivity (Wildman–Crippen MR) is 53.5 cm³/mol. The zero-order chi connectivity index (χ0) is 10.3. The standard InChI is InChI=1S/C12H10O3/c13-11-5-6-12(14-7-8-15-12)10-4-2-1-3-9(10)11/h1-6H,7-8H2. The zero-order valence-electron chi connectivity index (χ0n) is 8.10. The van der Waals surface area contributed by atoms with Gasteiger partial charge in [-0.3, -0.25) is 4.79 Å². The Kier molecular flexibility index (Phi) is 1.78. The van der Waals surface area contributed by atoms with Gasteiger partial charge >= 0.3 is 0 Å². The van der Waals surface area contributed by atoms with Crippen LogP contribution in [0.25, 0.3) is 0 Å². The highest BCUT2D eigenvalue weighted by molar-refractivity contribution is 6.07. The maximum atomic E-state index is 11.6. The quantitative estimate of drug-likeness (QED) is 0.641.